The fourth-order valence-electron chi connectivity index (χ4n) is 4.03. The van der Waals surface area contributed by atoms with Gasteiger partial charge in [-0.1, -0.05) is 121 Å². The second-order valence-electron chi connectivity index (χ2n) is 9.61. The van der Waals surface area contributed by atoms with E-state index >= 15 is 0 Å². The Morgan fingerprint density at radius 1 is 0.419 bits per heavy atom. The Hall–Kier alpha value is -0.435. The van der Waals surface area contributed by atoms with Crippen molar-refractivity contribution in [1.29, 1.82) is 0 Å². The third-order valence-corrected chi connectivity index (χ3v) is 11.2. The average molecular weight is 842 g/mol. The van der Waals surface area contributed by atoms with E-state index in [1.54, 1.807) is 0 Å². The van der Waals surface area contributed by atoms with Gasteiger partial charge in [-0.3, -0.25) is 0 Å². The van der Waals surface area contributed by atoms with Crippen LogP contribution in [0.3, 0.4) is 0 Å². The van der Waals surface area contributed by atoms with Crippen LogP contribution in [0.15, 0.2) is 121 Å². The molecule has 0 heterocycles. The molecular weight excluding hydrogens is 794 g/mol. The third-order valence-electron chi connectivity index (χ3n) is 6.03. The zero-order valence-corrected chi connectivity index (χ0v) is 32.7. The summed E-state index contributed by atoms with van der Waals surface area (Å²) in [6.45, 7) is 2.29. The molecule has 4 aromatic rings. The number of halogens is 2. The molecule has 0 unspecified atom stereocenters. The number of hydrogen-bond acceptors (Lipinski definition) is 2. The molecule has 0 aliphatic rings. The van der Waals surface area contributed by atoms with Gasteiger partial charge in [0.15, 0.2) is 0 Å². The molecule has 0 aliphatic heterocycles. The molecule has 4 rings (SSSR count). The molecule has 0 saturated heterocycles. The summed E-state index contributed by atoms with van der Waals surface area (Å²) >= 11 is 0. The van der Waals surface area contributed by atoms with Crippen LogP contribution in [0.25, 0.3) is 0 Å². The minimum atomic E-state index is -0.309. The summed E-state index contributed by atoms with van der Waals surface area (Å²) in [5, 5.41) is 5.94. The maximum Gasteiger partial charge on any atom is 2.00 e. The van der Waals surface area contributed by atoms with Crippen molar-refractivity contribution in [1.82, 2.24) is 9.80 Å². The maximum atomic E-state index is 2.30. The molecule has 2 nitrogen and oxygen atoms in total. The molecule has 0 aliphatic carbocycles. The summed E-state index contributed by atoms with van der Waals surface area (Å²) in [6, 6.07) is 44.3. The molecule has 0 saturated carbocycles. The number of rotatable bonds is 11. The van der Waals surface area contributed by atoms with E-state index in [-0.39, 0.29) is 96.4 Å². The molecule has 4 aromatic carbocycles. The summed E-state index contributed by atoms with van der Waals surface area (Å²) < 4.78 is 0. The van der Waals surface area contributed by atoms with Gasteiger partial charge in [0.05, 0.1) is 0 Å². The van der Waals surface area contributed by atoms with E-state index in [0.29, 0.717) is 0 Å². The number of likely N-dealkylation sites (N-methyl/N-ethyl adjacent to an activating group) is 2. The predicted octanol–water partition coefficient (Wildman–Crippen LogP) is 0.655. The zero-order chi connectivity index (χ0) is 26.3. The number of nitrogens with zero attached hydrogens (tertiary/aromatic N) is 2. The molecule has 8 heteroatoms. The Labute approximate surface area is 306 Å². The second kappa shape index (κ2) is 29.0. The van der Waals surface area contributed by atoms with Crippen molar-refractivity contribution >= 4 is 37.1 Å². The van der Waals surface area contributed by atoms with Gasteiger partial charge < -0.3 is 49.5 Å². The summed E-state index contributed by atoms with van der Waals surface area (Å²) in [5.74, 6) is 0. The predicted molar refractivity (Wildman–Crippen MR) is 182 cm³/mol. The quantitative estimate of drug-likeness (QED) is 0.125. The van der Waals surface area contributed by atoms with Gasteiger partial charge in [-0.2, -0.15) is 0 Å². The van der Waals surface area contributed by atoms with Gasteiger partial charge in [-0.15, -0.1) is 0 Å². The molecule has 0 spiro atoms. The topological polar surface area (TPSA) is 6.48 Å². The monoisotopic (exact) mass is 840 g/mol. The van der Waals surface area contributed by atoms with Crippen molar-refractivity contribution in [2.24, 2.45) is 0 Å². The SMILES string of the molecule is CN(C)CCN(C)C.[CH3-].[CH3-].[Cl-].[Cl-].[Pd+2].[Pd+2].c1ccc(P(CCCP(c2ccccc2)c2ccccc2)c2ccccc2)cc1. The van der Waals surface area contributed by atoms with Crippen LogP contribution in [0.4, 0.5) is 0 Å². The van der Waals surface area contributed by atoms with E-state index in [1.165, 1.54) is 40.0 Å². The molecule has 0 N–H and O–H groups in total. The molecule has 0 fully saturated rings. The van der Waals surface area contributed by atoms with Gasteiger partial charge in [0, 0.05) is 13.1 Å². The summed E-state index contributed by atoms with van der Waals surface area (Å²) in [7, 11) is 7.73. The minimum absolute atomic E-state index is 0. The zero-order valence-electron chi connectivity index (χ0n) is 26.3. The van der Waals surface area contributed by atoms with E-state index in [4.69, 9.17) is 0 Å². The Balaban J connectivity index is -0.000000485. The van der Waals surface area contributed by atoms with Crippen molar-refractivity contribution in [2.75, 3.05) is 53.6 Å². The van der Waals surface area contributed by atoms with E-state index < -0.39 is 0 Å². The van der Waals surface area contributed by atoms with Crippen LogP contribution in [0, 0.1) is 14.9 Å². The van der Waals surface area contributed by atoms with Gasteiger partial charge >= 0.3 is 40.8 Å². The summed E-state index contributed by atoms with van der Waals surface area (Å²) in [4.78, 5) is 4.36. The second-order valence-corrected chi connectivity index (χ2v) is 14.3. The van der Waals surface area contributed by atoms with E-state index in [9.17, 15) is 0 Å². The molecule has 0 aromatic heterocycles. The van der Waals surface area contributed by atoms with E-state index in [1.807, 2.05) is 0 Å². The minimum Gasteiger partial charge on any atom is -1.00 e. The van der Waals surface area contributed by atoms with Gasteiger partial charge in [0.25, 0.3) is 0 Å². The Morgan fingerprint density at radius 2 is 0.628 bits per heavy atom. The number of hydrogen-bond donors (Lipinski definition) is 0. The fourth-order valence-corrected chi connectivity index (χ4v) is 8.99. The molecule has 43 heavy (non-hydrogen) atoms. The van der Waals surface area contributed by atoms with Crippen molar-refractivity contribution < 1.29 is 65.7 Å². The van der Waals surface area contributed by atoms with Gasteiger partial charge in [-0.25, -0.2) is 0 Å². The molecule has 0 atom stereocenters. The number of benzene rings is 4. The maximum absolute atomic E-state index is 2.30. The first-order valence-corrected chi connectivity index (χ1v) is 16.1. The molecule has 0 radical (unpaired) electrons. The van der Waals surface area contributed by atoms with Gasteiger partial charge in [-0.05, 0) is 84.0 Å². The van der Waals surface area contributed by atoms with E-state index in [2.05, 4.69) is 159 Å². The van der Waals surface area contributed by atoms with Crippen molar-refractivity contribution in [2.45, 2.75) is 6.42 Å². The Bertz CT molecular complexity index is 958. The van der Waals surface area contributed by atoms with E-state index in [0.717, 1.165) is 13.1 Å². The fraction of sp³-hybridized carbons (Fsp3) is 0.257. The Kier molecular flexibility index (Phi) is 33.3. The normalized spacial score (nSPS) is 9.58. The first-order valence-electron chi connectivity index (χ1n) is 13.1. The first-order chi connectivity index (χ1) is 18.0. The van der Waals surface area contributed by atoms with Crippen LogP contribution >= 0.6 is 15.8 Å². The largest absolute Gasteiger partial charge is 2.00 e. The summed E-state index contributed by atoms with van der Waals surface area (Å²) in [6.07, 6.45) is 3.72. The smallest absolute Gasteiger partial charge is 1.00 e. The first kappa shape index (κ1) is 49.4. The molecular formula is C35H48Cl2N2P2Pd2. The van der Waals surface area contributed by atoms with Crippen LogP contribution in [-0.4, -0.2) is 63.4 Å². The van der Waals surface area contributed by atoms with Crippen LogP contribution in [0.2, 0.25) is 0 Å². The van der Waals surface area contributed by atoms with Gasteiger partial charge in [0.1, 0.15) is 0 Å². The molecule has 0 amide bonds. The van der Waals surface area contributed by atoms with Crippen molar-refractivity contribution in [3.8, 4) is 0 Å². The average Bonchev–Trinajstić information content (AvgIpc) is 2.94. The summed E-state index contributed by atoms with van der Waals surface area (Å²) in [5.41, 5.74) is 0. The molecule has 0 bridgehead atoms. The van der Waals surface area contributed by atoms with Crippen molar-refractivity contribution in [3.63, 3.8) is 0 Å². The van der Waals surface area contributed by atoms with Crippen LogP contribution < -0.4 is 46.0 Å². The standard InChI is InChI=1S/C27H26P2.C6H16N2.2CH3.2ClH.2Pd/c1-5-14-24(15-6-1)28(25-16-7-2-8-17-25)22-13-23-29(26-18-9-3-10-19-26)27-20-11-4-12-21-27;1-7(2)5-6-8(3)4;;;;;;/h1-12,14-21H,13,22-23H2;5-6H2,1-4H3;2*1H3;2*1H;;/q;;2*-1;;;2*+2/p-2. The van der Waals surface area contributed by atoms with Crippen LogP contribution in [0.1, 0.15) is 6.42 Å². The van der Waals surface area contributed by atoms with Crippen molar-refractivity contribution in [3.05, 3.63) is 136 Å². The molecule has 242 valence electrons. The Morgan fingerprint density at radius 3 is 0.814 bits per heavy atom. The van der Waals surface area contributed by atoms with Gasteiger partial charge in [0.2, 0.25) is 0 Å². The van der Waals surface area contributed by atoms with Crippen LogP contribution in [0.5, 0.6) is 0 Å². The van der Waals surface area contributed by atoms with Crippen LogP contribution in [-0.2, 0) is 40.8 Å². The third kappa shape index (κ3) is 19.0.